The molecule has 6 heterocycles. The standard InChI is InChI=1S/2C16H11N2.C10H4S2.2Pt/c1-3-10-17-15(8-1)13-6-5-7-14(12-13)16-9-2-4-11-18-16;1-2-7-13(8-3-1)14-10-6-11-16(18-14)15-9-4-5-12-17-15;1-2-4-8-7(3-1)10-9(12-8)5-6-11-10;;/h1-11H;1-7,9-12H;1-3,6H;;/q2*-1;-2;2*+2. The van der Waals surface area contributed by atoms with E-state index in [4.69, 9.17) is 0 Å². The molecule has 6 aromatic heterocycles. The van der Waals surface area contributed by atoms with Crippen molar-refractivity contribution in [2.45, 2.75) is 0 Å². The number of rotatable bonds is 4. The van der Waals surface area contributed by atoms with Gasteiger partial charge in [-0.15, -0.1) is 70.2 Å². The number of benzene rings is 3. The summed E-state index contributed by atoms with van der Waals surface area (Å²) in [6.07, 6.45) is 5.35. The normalized spacial score (nSPS) is 10.1. The fraction of sp³-hybridized carbons (Fsp3) is 0. The average Bonchev–Trinajstić information content (AvgIpc) is 3.79. The van der Waals surface area contributed by atoms with Crippen molar-refractivity contribution in [3.05, 3.63) is 182 Å². The van der Waals surface area contributed by atoms with Crippen LogP contribution in [0.1, 0.15) is 0 Å². The van der Waals surface area contributed by atoms with Crippen LogP contribution in [-0.4, -0.2) is 19.9 Å². The Balaban J connectivity index is 0.000000146. The Kier molecular flexibility index (Phi) is 13.6. The van der Waals surface area contributed by atoms with Crippen molar-refractivity contribution in [1.82, 2.24) is 19.9 Å². The van der Waals surface area contributed by atoms with E-state index in [1.807, 2.05) is 133 Å². The third-order valence-corrected chi connectivity index (χ3v) is 9.27. The second-order valence-corrected chi connectivity index (χ2v) is 12.3. The number of nitrogens with zero attached hydrogens (tertiary/aromatic N) is 4. The summed E-state index contributed by atoms with van der Waals surface area (Å²) in [5, 5.41) is 3.34. The van der Waals surface area contributed by atoms with Crippen LogP contribution in [-0.2, 0) is 42.1 Å². The Bertz CT molecular complexity index is 2120. The molecule has 0 saturated heterocycles. The van der Waals surface area contributed by atoms with Crippen molar-refractivity contribution in [2.24, 2.45) is 0 Å². The van der Waals surface area contributed by atoms with E-state index in [-0.39, 0.29) is 42.1 Å². The van der Waals surface area contributed by atoms with E-state index in [1.165, 1.54) is 19.5 Å². The average molecular weight is 1040 g/mol. The molecule has 0 fully saturated rings. The molecule has 50 heavy (non-hydrogen) atoms. The van der Waals surface area contributed by atoms with Gasteiger partial charge in [0.15, 0.2) is 0 Å². The Morgan fingerprint density at radius 1 is 0.440 bits per heavy atom. The van der Waals surface area contributed by atoms with Crippen LogP contribution in [0.15, 0.2) is 157 Å². The van der Waals surface area contributed by atoms with Crippen molar-refractivity contribution < 1.29 is 42.1 Å². The zero-order chi connectivity index (χ0) is 32.4. The van der Waals surface area contributed by atoms with Crippen LogP contribution in [0.3, 0.4) is 0 Å². The maximum absolute atomic E-state index is 4.62. The van der Waals surface area contributed by atoms with Crippen molar-refractivity contribution in [1.29, 1.82) is 0 Å². The summed E-state index contributed by atoms with van der Waals surface area (Å²) < 4.78 is 3.86. The first-order valence-corrected chi connectivity index (χ1v) is 16.9. The van der Waals surface area contributed by atoms with Crippen molar-refractivity contribution in [3.8, 4) is 45.2 Å². The summed E-state index contributed by atoms with van der Waals surface area (Å²) in [5.74, 6) is 0. The summed E-state index contributed by atoms with van der Waals surface area (Å²) in [4.78, 5) is 17.6. The first-order chi connectivity index (χ1) is 23.8. The van der Waals surface area contributed by atoms with E-state index in [9.17, 15) is 0 Å². The molecule has 0 atom stereocenters. The first kappa shape index (κ1) is 36.8. The SMILES string of the molecule is [Pt+2].[Pt+2].[c-]1c(-c2ccccn2)cccc1-c1ccccn1.[c-]1cccc2c1sc1[c-]csc12.[c-]1ccccc1-c1cccc(-c2ccccn2)n1. The molecule has 0 aliphatic carbocycles. The van der Waals surface area contributed by atoms with Crippen LogP contribution in [0.5, 0.6) is 0 Å². The molecule has 0 unspecified atom stereocenters. The molecule has 0 aliphatic heterocycles. The second kappa shape index (κ2) is 18.5. The minimum absolute atomic E-state index is 0. The number of hydrogen-bond donors (Lipinski definition) is 0. The van der Waals surface area contributed by atoms with Crippen molar-refractivity contribution >= 4 is 42.2 Å². The quantitative estimate of drug-likeness (QED) is 0.165. The van der Waals surface area contributed by atoms with E-state index >= 15 is 0 Å². The van der Waals surface area contributed by atoms with Crippen LogP contribution in [0.4, 0.5) is 0 Å². The second-order valence-electron chi connectivity index (χ2n) is 10.4. The molecule has 4 nitrogen and oxygen atoms in total. The molecular weight excluding hydrogens is 1010 g/mol. The minimum Gasteiger partial charge on any atom is -0.295 e. The predicted octanol–water partition coefficient (Wildman–Crippen LogP) is 10.9. The number of pyridine rings is 4. The maximum Gasteiger partial charge on any atom is 2.00 e. The number of thiophene rings is 2. The van der Waals surface area contributed by atoms with E-state index < -0.39 is 0 Å². The molecule has 3 aromatic carbocycles. The molecule has 0 bridgehead atoms. The topological polar surface area (TPSA) is 51.6 Å². The van der Waals surface area contributed by atoms with Crippen LogP contribution in [0, 0.1) is 24.3 Å². The number of hydrogen-bond acceptors (Lipinski definition) is 6. The van der Waals surface area contributed by atoms with Gasteiger partial charge in [0.2, 0.25) is 0 Å². The summed E-state index contributed by atoms with van der Waals surface area (Å²) in [7, 11) is 0. The van der Waals surface area contributed by atoms with Gasteiger partial charge in [-0.1, -0.05) is 58.3 Å². The molecule has 9 rings (SSSR count). The molecule has 8 heteroatoms. The first-order valence-electron chi connectivity index (χ1n) is 15.2. The molecule has 0 amide bonds. The molecule has 9 aromatic rings. The van der Waals surface area contributed by atoms with Crippen LogP contribution >= 0.6 is 22.7 Å². The summed E-state index contributed by atoms with van der Waals surface area (Å²) in [6.45, 7) is 0. The van der Waals surface area contributed by atoms with Gasteiger partial charge in [0.05, 0.1) is 11.4 Å². The van der Waals surface area contributed by atoms with Gasteiger partial charge in [-0.05, 0) is 36.0 Å². The summed E-state index contributed by atoms with van der Waals surface area (Å²) in [5.41, 5.74) is 7.50. The fourth-order valence-electron chi connectivity index (χ4n) is 4.92. The van der Waals surface area contributed by atoms with E-state index in [1.54, 1.807) is 41.3 Å². The monoisotopic (exact) mass is 1040 g/mol. The molecule has 0 N–H and O–H groups in total. The Hall–Kier alpha value is -4.44. The van der Waals surface area contributed by atoms with Gasteiger partial charge in [-0.3, -0.25) is 31.3 Å². The van der Waals surface area contributed by atoms with Gasteiger partial charge in [-0.2, -0.15) is 34.4 Å². The number of fused-ring (bicyclic) bond motifs is 3. The minimum atomic E-state index is 0. The third kappa shape index (κ3) is 9.21. The Labute approximate surface area is 328 Å². The molecule has 0 spiro atoms. The molecular formula is C42H26N4Pt2S2. The molecule has 246 valence electrons. The fourth-order valence-corrected chi connectivity index (χ4v) is 7.01. The van der Waals surface area contributed by atoms with Gasteiger partial charge in [0.1, 0.15) is 0 Å². The van der Waals surface area contributed by atoms with Crippen LogP contribution < -0.4 is 0 Å². The van der Waals surface area contributed by atoms with Crippen LogP contribution in [0.25, 0.3) is 64.6 Å². The Morgan fingerprint density at radius 2 is 1.02 bits per heavy atom. The van der Waals surface area contributed by atoms with Gasteiger partial charge >= 0.3 is 42.1 Å². The zero-order valence-electron chi connectivity index (χ0n) is 26.2. The Morgan fingerprint density at radius 3 is 1.66 bits per heavy atom. The maximum atomic E-state index is 4.62. The predicted molar refractivity (Wildman–Crippen MR) is 198 cm³/mol. The smallest absolute Gasteiger partial charge is 0.295 e. The van der Waals surface area contributed by atoms with Crippen molar-refractivity contribution in [3.63, 3.8) is 0 Å². The summed E-state index contributed by atoms with van der Waals surface area (Å²) in [6, 6.07) is 56.5. The van der Waals surface area contributed by atoms with Gasteiger partial charge in [-0.25, -0.2) is 17.4 Å². The molecule has 0 radical (unpaired) electrons. The van der Waals surface area contributed by atoms with Gasteiger partial charge in [0, 0.05) is 30.0 Å². The van der Waals surface area contributed by atoms with Crippen LogP contribution in [0.2, 0.25) is 0 Å². The largest absolute Gasteiger partial charge is 2.00 e. The zero-order valence-corrected chi connectivity index (χ0v) is 32.4. The van der Waals surface area contributed by atoms with Gasteiger partial charge < -0.3 is 0 Å². The third-order valence-electron chi connectivity index (χ3n) is 7.18. The van der Waals surface area contributed by atoms with Crippen molar-refractivity contribution in [2.75, 3.05) is 0 Å². The number of aromatic nitrogens is 4. The summed E-state index contributed by atoms with van der Waals surface area (Å²) >= 11 is 3.53. The molecule has 0 aliphatic rings. The molecule has 0 saturated carbocycles. The van der Waals surface area contributed by atoms with E-state index in [0.717, 1.165) is 45.2 Å². The van der Waals surface area contributed by atoms with E-state index in [0.29, 0.717) is 0 Å². The van der Waals surface area contributed by atoms with E-state index in [2.05, 4.69) is 50.3 Å². The van der Waals surface area contributed by atoms with Gasteiger partial charge in [0.25, 0.3) is 0 Å².